The third-order valence-electron chi connectivity index (χ3n) is 1.68. The molecule has 0 bridgehead atoms. The number of aromatic nitrogens is 2. The molecule has 1 aromatic heterocycles. The van der Waals surface area contributed by atoms with Crippen molar-refractivity contribution in [1.82, 2.24) is 9.97 Å². The monoisotopic (exact) mass is 184 g/mol. The summed E-state index contributed by atoms with van der Waals surface area (Å²) in [5, 5.41) is 0. The Morgan fingerprint density at radius 3 is 2.62 bits per heavy atom. The van der Waals surface area contributed by atoms with Crippen LogP contribution in [0.1, 0.15) is 25.4 Å². The van der Waals surface area contributed by atoms with E-state index in [4.69, 9.17) is 0 Å². The van der Waals surface area contributed by atoms with Gasteiger partial charge in [-0.15, -0.1) is 0 Å². The molecule has 0 spiro atoms. The van der Waals surface area contributed by atoms with Crippen LogP contribution in [0.3, 0.4) is 0 Å². The van der Waals surface area contributed by atoms with E-state index in [0.717, 1.165) is 0 Å². The fourth-order valence-corrected chi connectivity index (χ4v) is 1.11. The molecule has 1 rings (SSSR count). The highest BCUT2D eigenvalue weighted by molar-refractivity contribution is 5.03. The van der Waals surface area contributed by atoms with E-state index < -0.39 is 11.4 Å². The van der Waals surface area contributed by atoms with Gasteiger partial charge in [-0.1, -0.05) is 13.8 Å². The van der Waals surface area contributed by atoms with Crippen molar-refractivity contribution in [2.45, 2.75) is 27.2 Å². The molecule has 0 saturated heterocycles. The first-order valence-corrected chi connectivity index (χ1v) is 4.26. The molecule has 0 atom stereocenters. The Bertz CT molecular complexity index is 357. The quantitative estimate of drug-likeness (QED) is 0.755. The first-order chi connectivity index (χ1) is 6.00. The highest BCUT2D eigenvalue weighted by atomic mass is 19.1. The van der Waals surface area contributed by atoms with E-state index in [-0.39, 0.29) is 5.69 Å². The first-order valence-electron chi connectivity index (χ1n) is 4.26. The zero-order chi connectivity index (χ0) is 10.0. The molecule has 4 heteroatoms. The minimum atomic E-state index is -0.785. The van der Waals surface area contributed by atoms with E-state index in [0.29, 0.717) is 18.2 Å². The van der Waals surface area contributed by atoms with Gasteiger partial charge >= 0.3 is 0 Å². The Labute approximate surface area is 76.0 Å². The molecule has 0 aliphatic heterocycles. The summed E-state index contributed by atoms with van der Waals surface area (Å²) in [7, 11) is 0. The number of rotatable bonds is 2. The van der Waals surface area contributed by atoms with E-state index >= 15 is 0 Å². The van der Waals surface area contributed by atoms with Gasteiger partial charge in [0.15, 0.2) is 0 Å². The highest BCUT2D eigenvalue weighted by Gasteiger charge is 2.07. The Morgan fingerprint density at radius 2 is 2.15 bits per heavy atom. The van der Waals surface area contributed by atoms with Gasteiger partial charge in [-0.25, -0.2) is 4.98 Å². The van der Waals surface area contributed by atoms with Crippen molar-refractivity contribution >= 4 is 0 Å². The molecule has 0 unspecified atom stereocenters. The van der Waals surface area contributed by atoms with Crippen LogP contribution in [0, 0.1) is 18.7 Å². The fraction of sp³-hybridized carbons (Fsp3) is 0.556. The Balaban J connectivity index is 3.06. The van der Waals surface area contributed by atoms with Crippen LogP contribution in [0.15, 0.2) is 4.79 Å². The van der Waals surface area contributed by atoms with Crippen molar-refractivity contribution in [1.29, 1.82) is 0 Å². The van der Waals surface area contributed by atoms with E-state index in [9.17, 15) is 9.18 Å². The number of nitrogens with one attached hydrogen (secondary N) is 1. The molecule has 1 heterocycles. The number of nitrogens with zero attached hydrogens (tertiary/aromatic N) is 1. The van der Waals surface area contributed by atoms with Gasteiger partial charge in [0.1, 0.15) is 5.82 Å². The summed E-state index contributed by atoms with van der Waals surface area (Å²) in [5.41, 5.74) is -0.512. The van der Waals surface area contributed by atoms with Gasteiger partial charge in [-0.3, -0.25) is 4.79 Å². The molecule has 0 aromatic carbocycles. The Hall–Kier alpha value is -1.19. The average molecular weight is 184 g/mol. The molecule has 0 saturated carbocycles. The molecule has 0 aliphatic carbocycles. The third-order valence-corrected chi connectivity index (χ3v) is 1.68. The van der Waals surface area contributed by atoms with Crippen molar-refractivity contribution in [3.63, 3.8) is 0 Å². The van der Waals surface area contributed by atoms with Crippen LogP contribution in [0.2, 0.25) is 0 Å². The molecular weight excluding hydrogens is 171 g/mol. The summed E-state index contributed by atoms with van der Waals surface area (Å²) in [5.74, 6) is 0.166. The van der Waals surface area contributed by atoms with E-state index in [1.807, 2.05) is 13.8 Å². The van der Waals surface area contributed by atoms with Crippen molar-refractivity contribution in [3.8, 4) is 0 Å². The largest absolute Gasteiger partial charge is 0.308 e. The van der Waals surface area contributed by atoms with E-state index in [2.05, 4.69) is 9.97 Å². The van der Waals surface area contributed by atoms with Gasteiger partial charge < -0.3 is 4.98 Å². The summed E-state index contributed by atoms with van der Waals surface area (Å²) in [6.07, 6.45) is 0.663. The van der Waals surface area contributed by atoms with Gasteiger partial charge in [0.25, 0.3) is 5.56 Å². The molecule has 1 N–H and O–H groups in total. The number of aromatic amines is 1. The van der Waals surface area contributed by atoms with Crippen LogP contribution < -0.4 is 5.56 Å². The van der Waals surface area contributed by atoms with Crippen molar-refractivity contribution in [2.75, 3.05) is 0 Å². The lowest BCUT2D eigenvalue weighted by Gasteiger charge is -2.04. The van der Waals surface area contributed by atoms with Gasteiger partial charge in [-0.2, -0.15) is 4.39 Å². The minimum Gasteiger partial charge on any atom is -0.308 e. The van der Waals surface area contributed by atoms with Gasteiger partial charge in [0, 0.05) is 6.42 Å². The zero-order valence-corrected chi connectivity index (χ0v) is 8.02. The molecule has 72 valence electrons. The van der Waals surface area contributed by atoms with Crippen molar-refractivity contribution < 1.29 is 4.39 Å². The van der Waals surface area contributed by atoms with Crippen molar-refractivity contribution in [2.24, 2.45) is 5.92 Å². The number of H-pyrrole nitrogens is 1. The summed E-state index contributed by atoms with van der Waals surface area (Å²) >= 11 is 0. The Kier molecular flexibility index (Phi) is 2.80. The highest BCUT2D eigenvalue weighted by Crippen LogP contribution is 2.02. The van der Waals surface area contributed by atoms with Crippen LogP contribution in [-0.2, 0) is 6.42 Å². The summed E-state index contributed by atoms with van der Waals surface area (Å²) in [6, 6.07) is 0. The zero-order valence-electron chi connectivity index (χ0n) is 8.02. The van der Waals surface area contributed by atoms with Crippen LogP contribution in [0.4, 0.5) is 4.39 Å². The number of hydrogen-bond acceptors (Lipinski definition) is 2. The Morgan fingerprint density at radius 1 is 1.54 bits per heavy atom. The lowest BCUT2D eigenvalue weighted by molar-refractivity contribution is 0.564. The second-order valence-corrected chi connectivity index (χ2v) is 3.51. The van der Waals surface area contributed by atoms with Gasteiger partial charge in [0.2, 0.25) is 5.82 Å². The standard InChI is InChI=1S/C9H13FN2O/c1-5(2)4-7-11-6(3)8(10)9(13)12-7/h5H,4H2,1-3H3,(H,11,12,13). The van der Waals surface area contributed by atoms with Crippen molar-refractivity contribution in [3.05, 3.63) is 27.7 Å². The molecule has 0 amide bonds. The summed E-state index contributed by atoms with van der Waals surface area (Å²) in [6.45, 7) is 5.52. The van der Waals surface area contributed by atoms with Crippen LogP contribution in [-0.4, -0.2) is 9.97 Å². The second-order valence-electron chi connectivity index (χ2n) is 3.51. The van der Waals surface area contributed by atoms with E-state index in [1.165, 1.54) is 6.92 Å². The SMILES string of the molecule is Cc1nc(CC(C)C)[nH]c(=O)c1F. The fourth-order valence-electron chi connectivity index (χ4n) is 1.11. The van der Waals surface area contributed by atoms with Gasteiger partial charge in [0.05, 0.1) is 5.69 Å². The van der Waals surface area contributed by atoms with Crippen LogP contribution in [0.25, 0.3) is 0 Å². The second kappa shape index (κ2) is 3.68. The lowest BCUT2D eigenvalue weighted by Crippen LogP contribution is -2.18. The molecule has 13 heavy (non-hydrogen) atoms. The van der Waals surface area contributed by atoms with Crippen LogP contribution in [0.5, 0.6) is 0 Å². The normalized spacial score (nSPS) is 10.8. The molecule has 0 aliphatic rings. The predicted octanol–water partition coefficient (Wildman–Crippen LogP) is 1.42. The number of halogens is 1. The maximum atomic E-state index is 12.8. The smallest absolute Gasteiger partial charge is 0.287 e. The summed E-state index contributed by atoms with van der Waals surface area (Å²) < 4.78 is 12.8. The molecule has 0 fully saturated rings. The molecule has 0 radical (unpaired) electrons. The minimum absolute atomic E-state index is 0.166. The average Bonchev–Trinajstić information content (AvgIpc) is 1.98. The summed E-state index contributed by atoms with van der Waals surface area (Å²) in [4.78, 5) is 17.3. The van der Waals surface area contributed by atoms with E-state index in [1.54, 1.807) is 0 Å². The topological polar surface area (TPSA) is 45.8 Å². The third kappa shape index (κ3) is 2.37. The lowest BCUT2D eigenvalue weighted by atomic mass is 10.1. The molecular formula is C9H13FN2O. The molecule has 1 aromatic rings. The maximum Gasteiger partial charge on any atom is 0.287 e. The maximum absolute atomic E-state index is 12.8. The first kappa shape index (κ1) is 9.89. The number of hydrogen-bond donors (Lipinski definition) is 1. The predicted molar refractivity (Wildman–Crippen MR) is 48.1 cm³/mol. The number of aryl methyl sites for hydroxylation is 1. The molecule has 3 nitrogen and oxygen atoms in total. The van der Waals surface area contributed by atoms with Crippen LogP contribution >= 0.6 is 0 Å². The van der Waals surface area contributed by atoms with Gasteiger partial charge in [-0.05, 0) is 12.8 Å².